The van der Waals surface area contributed by atoms with E-state index in [4.69, 9.17) is 9.84 Å². The van der Waals surface area contributed by atoms with Gasteiger partial charge < -0.3 is 9.84 Å². The third kappa shape index (κ3) is 4.32. The van der Waals surface area contributed by atoms with Crippen LogP contribution in [0, 0.1) is 5.92 Å². The van der Waals surface area contributed by atoms with E-state index in [9.17, 15) is 4.79 Å². The molecule has 10 heavy (non-hydrogen) atoms. The lowest BCUT2D eigenvalue weighted by Gasteiger charge is -2.04. The van der Waals surface area contributed by atoms with Gasteiger partial charge in [0.25, 0.3) is 0 Å². The second-order valence-corrected chi connectivity index (χ2v) is 2.22. The molecule has 0 rings (SSSR count). The van der Waals surface area contributed by atoms with Crippen molar-refractivity contribution in [2.75, 3.05) is 13.2 Å². The zero-order chi connectivity index (χ0) is 7.98. The van der Waals surface area contributed by atoms with Crippen LogP contribution in [-0.2, 0) is 9.53 Å². The Bertz CT molecular complexity index is 101. The van der Waals surface area contributed by atoms with Crippen LogP contribution in [0.1, 0.15) is 20.3 Å². The summed E-state index contributed by atoms with van der Waals surface area (Å²) >= 11 is 0. The molecule has 3 heteroatoms. The molecule has 0 fully saturated rings. The number of ether oxygens (including phenoxy) is 1. The minimum absolute atomic E-state index is 0.286. The summed E-state index contributed by atoms with van der Waals surface area (Å²) < 4.78 is 4.99. The maximum Gasteiger partial charge on any atom is 0.306 e. The van der Waals surface area contributed by atoms with Gasteiger partial charge in [-0.3, -0.25) is 4.79 Å². The number of rotatable bonds is 5. The molecule has 0 aliphatic rings. The molecule has 0 saturated heterocycles. The summed E-state index contributed by atoms with van der Waals surface area (Å²) in [5.41, 5.74) is 0. The fourth-order valence-corrected chi connectivity index (χ4v) is 0.528. The van der Waals surface area contributed by atoms with Crippen molar-refractivity contribution in [1.29, 1.82) is 0 Å². The van der Waals surface area contributed by atoms with E-state index in [1.165, 1.54) is 0 Å². The van der Waals surface area contributed by atoms with Crippen molar-refractivity contribution in [2.24, 2.45) is 5.92 Å². The van der Waals surface area contributed by atoms with E-state index in [2.05, 4.69) is 0 Å². The van der Waals surface area contributed by atoms with Crippen molar-refractivity contribution in [3.63, 3.8) is 0 Å². The van der Waals surface area contributed by atoms with Gasteiger partial charge in [0.2, 0.25) is 0 Å². The molecule has 0 aliphatic heterocycles. The first-order valence-corrected chi connectivity index (χ1v) is 3.49. The lowest BCUT2D eigenvalue weighted by molar-refractivity contribution is -0.141. The van der Waals surface area contributed by atoms with E-state index in [-0.39, 0.29) is 5.92 Å². The van der Waals surface area contributed by atoms with Gasteiger partial charge in [-0.25, -0.2) is 0 Å². The van der Waals surface area contributed by atoms with Crippen molar-refractivity contribution in [3.8, 4) is 0 Å². The third-order valence-electron chi connectivity index (χ3n) is 1.32. The van der Waals surface area contributed by atoms with Crippen molar-refractivity contribution in [1.82, 2.24) is 0 Å². The molecule has 0 heterocycles. The summed E-state index contributed by atoms with van der Waals surface area (Å²) in [4.78, 5) is 10.2. The van der Waals surface area contributed by atoms with Crippen LogP contribution in [0.4, 0.5) is 0 Å². The van der Waals surface area contributed by atoms with Gasteiger partial charge in [0.15, 0.2) is 0 Å². The van der Waals surface area contributed by atoms with Crippen molar-refractivity contribution < 1.29 is 14.6 Å². The normalized spacial score (nSPS) is 13.0. The Labute approximate surface area is 61.0 Å². The molecule has 0 bridgehead atoms. The molecule has 60 valence electrons. The highest BCUT2D eigenvalue weighted by Crippen LogP contribution is 2.00. The zero-order valence-electron chi connectivity index (χ0n) is 6.46. The van der Waals surface area contributed by atoms with Crippen molar-refractivity contribution in [3.05, 3.63) is 0 Å². The predicted octanol–water partition coefficient (Wildman–Crippen LogP) is 1.13. The molecule has 0 aromatic heterocycles. The summed E-state index contributed by atoms with van der Waals surface area (Å²) in [6.45, 7) is 4.78. The van der Waals surface area contributed by atoms with E-state index in [1.807, 2.05) is 6.92 Å². The van der Waals surface area contributed by atoms with Gasteiger partial charge >= 0.3 is 5.97 Å². The Morgan fingerprint density at radius 2 is 2.30 bits per heavy atom. The quantitative estimate of drug-likeness (QED) is 0.591. The first kappa shape index (κ1) is 9.43. The van der Waals surface area contributed by atoms with Gasteiger partial charge in [-0.2, -0.15) is 0 Å². The first-order chi connectivity index (χ1) is 4.68. The molecule has 1 atom stereocenters. The highest BCUT2D eigenvalue weighted by Gasteiger charge is 2.09. The Morgan fingerprint density at radius 1 is 1.70 bits per heavy atom. The summed E-state index contributed by atoms with van der Waals surface area (Å²) in [7, 11) is 0. The Hall–Kier alpha value is -0.570. The average molecular weight is 146 g/mol. The molecule has 0 aromatic carbocycles. The zero-order valence-corrected chi connectivity index (χ0v) is 6.46. The SMILES string of the molecule is CCOCC[C@H](C)C(=O)O. The summed E-state index contributed by atoms with van der Waals surface area (Å²) in [6, 6.07) is 0. The van der Waals surface area contributed by atoms with Crippen molar-refractivity contribution >= 4 is 5.97 Å². The van der Waals surface area contributed by atoms with E-state index in [0.717, 1.165) is 0 Å². The Morgan fingerprint density at radius 3 is 2.70 bits per heavy atom. The average Bonchev–Trinajstić information content (AvgIpc) is 1.88. The highest BCUT2D eigenvalue weighted by atomic mass is 16.5. The molecule has 1 N–H and O–H groups in total. The topological polar surface area (TPSA) is 46.5 Å². The summed E-state index contributed by atoms with van der Waals surface area (Å²) in [5, 5.41) is 8.43. The second-order valence-electron chi connectivity index (χ2n) is 2.22. The molecule has 0 unspecified atom stereocenters. The number of aliphatic carboxylic acids is 1. The monoisotopic (exact) mass is 146 g/mol. The van der Waals surface area contributed by atoms with Crippen LogP contribution in [-0.4, -0.2) is 24.3 Å². The molecule has 0 amide bonds. The van der Waals surface area contributed by atoms with Gasteiger partial charge in [-0.05, 0) is 13.3 Å². The van der Waals surface area contributed by atoms with Gasteiger partial charge in [0.05, 0.1) is 5.92 Å². The molecular formula is C7H14O3. The van der Waals surface area contributed by atoms with Crippen LogP contribution in [0.15, 0.2) is 0 Å². The smallest absolute Gasteiger partial charge is 0.306 e. The number of carboxylic acids is 1. The minimum atomic E-state index is -0.750. The summed E-state index contributed by atoms with van der Waals surface area (Å²) in [6.07, 6.45) is 0.600. The predicted molar refractivity (Wildman–Crippen MR) is 37.9 cm³/mol. The van der Waals surface area contributed by atoms with E-state index < -0.39 is 5.97 Å². The number of hydrogen-bond acceptors (Lipinski definition) is 2. The van der Waals surface area contributed by atoms with Gasteiger partial charge in [-0.15, -0.1) is 0 Å². The standard InChI is InChI=1S/C7H14O3/c1-3-10-5-4-6(2)7(8)9/h6H,3-5H2,1-2H3,(H,8,9)/t6-/m0/s1. The highest BCUT2D eigenvalue weighted by molar-refractivity contribution is 5.69. The molecular weight excluding hydrogens is 132 g/mol. The largest absolute Gasteiger partial charge is 0.481 e. The number of carboxylic acid groups (broad SMARTS) is 1. The van der Waals surface area contributed by atoms with Crippen LogP contribution in [0.5, 0.6) is 0 Å². The van der Waals surface area contributed by atoms with Crippen LogP contribution >= 0.6 is 0 Å². The fraction of sp³-hybridized carbons (Fsp3) is 0.857. The van der Waals surface area contributed by atoms with Gasteiger partial charge in [-0.1, -0.05) is 6.92 Å². The van der Waals surface area contributed by atoms with Crippen LogP contribution in [0.2, 0.25) is 0 Å². The molecule has 0 saturated carbocycles. The maximum absolute atomic E-state index is 10.2. The minimum Gasteiger partial charge on any atom is -0.481 e. The second kappa shape index (κ2) is 5.23. The van der Waals surface area contributed by atoms with Gasteiger partial charge in [0, 0.05) is 13.2 Å². The van der Waals surface area contributed by atoms with Crippen LogP contribution < -0.4 is 0 Å². The van der Waals surface area contributed by atoms with E-state index >= 15 is 0 Å². The Kier molecular flexibility index (Phi) is 4.94. The lowest BCUT2D eigenvalue weighted by atomic mass is 10.1. The molecule has 0 aliphatic carbocycles. The molecule has 0 aromatic rings. The first-order valence-electron chi connectivity index (χ1n) is 3.49. The summed E-state index contributed by atoms with van der Waals surface area (Å²) in [5.74, 6) is -1.04. The van der Waals surface area contributed by atoms with E-state index in [1.54, 1.807) is 6.92 Å². The van der Waals surface area contributed by atoms with Gasteiger partial charge in [0.1, 0.15) is 0 Å². The lowest BCUT2D eigenvalue weighted by Crippen LogP contribution is -2.11. The third-order valence-corrected chi connectivity index (χ3v) is 1.32. The van der Waals surface area contributed by atoms with Crippen molar-refractivity contribution in [2.45, 2.75) is 20.3 Å². The maximum atomic E-state index is 10.2. The Balaban J connectivity index is 3.21. The molecule has 0 spiro atoms. The number of carbonyl (C=O) groups is 1. The fourth-order valence-electron chi connectivity index (χ4n) is 0.528. The number of hydrogen-bond donors (Lipinski definition) is 1. The molecule has 0 radical (unpaired) electrons. The van der Waals surface area contributed by atoms with Crippen LogP contribution in [0.3, 0.4) is 0 Å². The van der Waals surface area contributed by atoms with Crippen LogP contribution in [0.25, 0.3) is 0 Å². The van der Waals surface area contributed by atoms with E-state index in [0.29, 0.717) is 19.6 Å². The molecule has 3 nitrogen and oxygen atoms in total.